The number of Topliss-reactive ketones (excluding diaryl/α,β-unsaturated/α-hetero) is 1. The van der Waals surface area contributed by atoms with Crippen molar-refractivity contribution in [1.82, 2.24) is 0 Å². The maximum Gasteiger partial charge on any atom is 0.158 e. The molecule has 16 heavy (non-hydrogen) atoms. The highest BCUT2D eigenvalue weighted by Crippen LogP contribution is 2.13. The lowest BCUT2D eigenvalue weighted by molar-refractivity contribution is -0.124. The Hall–Kier alpha value is -1.35. The van der Waals surface area contributed by atoms with Gasteiger partial charge in [0.25, 0.3) is 0 Å². The molecule has 0 saturated carbocycles. The van der Waals surface area contributed by atoms with E-state index in [-0.39, 0.29) is 12.4 Å². The van der Waals surface area contributed by atoms with Gasteiger partial charge in [-0.05, 0) is 24.1 Å². The standard InChI is InChI=1S/C13H18O3/c1-3-5-12(14)10-16-9-11-6-4-7-13(8-11)15-2/h4,6-8H,3,5,9-10H2,1-2H3. The van der Waals surface area contributed by atoms with E-state index >= 15 is 0 Å². The van der Waals surface area contributed by atoms with Gasteiger partial charge < -0.3 is 9.47 Å². The molecule has 0 atom stereocenters. The van der Waals surface area contributed by atoms with Crippen LogP contribution < -0.4 is 4.74 Å². The summed E-state index contributed by atoms with van der Waals surface area (Å²) in [6.07, 6.45) is 1.47. The molecule has 1 aromatic rings. The summed E-state index contributed by atoms with van der Waals surface area (Å²) in [4.78, 5) is 11.2. The average Bonchev–Trinajstić information content (AvgIpc) is 2.30. The fraction of sp³-hybridized carbons (Fsp3) is 0.462. The first-order valence-corrected chi connectivity index (χ1v) is 5.48. The Morgan fingerprint density at radius 3 is 2.88 bits per heavy atom. The summed E-state index contributed by atoms with van der Waals surface area (Å²) >= 11 is 0. The van der Waals surface area contributed by atoms with Gasteiger partial charge in [0.05, 0.1) is 13.7 Å². The Morgan fingerprint density at radius 1 is 1.38 bits per heavy atom. The van der Waals surface area contributed by atoms with E-state index in [0.29, 0.717) is 13.0 Å². The van der Waals surface area contributed by atoms with Crippen LogP contribution in [0, 0.1) is 0 Å². The molecule has 0 heterocycles. The molecule has 0 bridgehead atoms. The molecule has 1 rings (SSSR count). The second kappa shape index (κ2) is 7.01. The van der Waals surface area contributed by atoms with Crippen LogP contribution in [0.25, 0.3) is 0 Å². The molecule has 0 aliphatic carbocycles. The van der Waals surface area contributed by atoms with Crippen LogP contribution in [-0.4, -0.2) is 19.5 Å². The number of rotatable bonds is 7. The van der Waals surface area contributed by atoms with Crippen molar-refractivity contribution < 1.29 is 14.3 Å². The second-order valence-electron chi connectivity index (χ2n) is 3.63. The summed E-state index contributed by atoms with van der Waals surface area (Å²) in [6, 6.07) is 7.65. The minimum atomic E-state index is 0.158. The fourth-order valence-corrected chi connectivity index (χ4v) is 1.40. The summed E-state index contributed by atoms with van der Waals surface area (Å²) in [6.45, 7) is 2.64. The molecule has 88 valence electrons. The van der Waals surface area contributed by atoms with Crippen molar-refractivity contribution in [2.75, 3.05) is 13.7 Å². The number of ether oxygens (including phenoxy) is 2. The first-order valence-electron chi connectivity index (χ1n) is 5.48. The van der Waals surface area contributed by atoms with E-state index in [1.54, 1.807) is 7.11 Å². The van der Waals surface area contributed by atoms with Gasteiger partial charge >= 0.3 is 0 Å². The molecule has 0 N–H and O–H groups in total. The SMILES string of the molecule is CCCC(=O)COCc1cccc(OC)c1. The minimum absolute atomic E-state index is 0.158. The van der Waals surface area contributed by atoms with Crippen LogP contribution in [0.5, 0.6) is 5.75 Å². The number of benzene rings is 1. The highest BCUT2D eigenvalue weighted by atomic mass is 16.5. The lowest BCUT2D eigenvalue weighted by Crippen LogP contribution is -2.07. The fourth-order valence-electron chi connectivity index (χ4n) is 1.40. The second-order valence-corrected chi connectivity index (χ2v) is 3.63. The Kier molecular flexibility index (Phi) is 5.57. The van der Waals surface area contributed by atoms with E-state index in [0.717, 1.165) is 17.7 Å². The van der Waals surface area contributed by atoms with Gasteiger partial charge in [-0.25, -0.2) is 0 Å². The monoisotopic (exact) mass is 222 g/mol. The molecule has 3 heteroatoms. The van der Waals surface area contributed by atoms with Gasteiger partial charge in [0, 0.05) is 6.42 Å². The van der Waals surface area contributed by atoms with Gasteiger partial charge in [-0.1, -0.05) is 19.1 Å². The van der Waals surface area contributed by atoms with Crippen molar-refractivity contribution in [3.05, 3.63) is 29.8 Å². The third-order valence-corrected chi connectivity index (χ3v) is 2.19. The van der Waals surface area contributed by atoms with Crippen LogP contribution in [-0.2, 0) is 16.1 Å². The Balaban J connectivity index is 2.34. The zero-order valence-corrected chi connectivity index (χ0v) is 9.86. The molecule has 0 unspecified atom stereocenters. The molecule has 1 aromatic carbocycles. The van der Waals surface area contributed by atoms with Crippen LogP contribution in [0.2, 0.25) is 0 Å². The van der Waals surface area contributed by atoms with Crippen molar-refractivity contribution in [2.45, 2.75) is 26.4 Å². The number of hydrogen-bond donors (Lipinski definition) is 0. The normalized spacial score (nSPS) is 10.1. The summed E-state index contributed by atoms with van der Waals surface area (Å²) < 4.78 is 10.4. The van der Waals surface area contributed by atoms with E-state index in [1.165, 1.54) is 0 Å². The predicted octanol–water partition coefficient (Wildman–Crippen LogP) is 2.58. The topological polar surface area (TPSA) is 35.5 Å². The van der Waals surface area contributed by atoms with Crippen LogP contribution in [0.4, 0.5) is 0 Å². The number of carbonyl (C=O) groups excluding carboxylic acids is 1. The van der Waals surface area contributed by atoms with Gasteiger partial charge in [-0.2, -0.15) is 0 Å². The number of hydrogen-bond acceptors (Lipinski definition) is 3. The van der Waals surface area contributed by atoms with Gasteiger partial charge in [0.1, 0.15) is 12.4 Å². The van der Waals surface area contributed by atoms with Crippen LogP contribution in [0.3, 0.4) is 0 Å². The summed E-state index contributed by atoms with van der Waals surface area (Å²) in [5, 5.41) is 0. The minimum Gasteiger partial charge on any atom is -0.497 e. The summed E-state index contributed by atoms with van der Waals surface area (Å²) in [7, 11) is 1.63. The van der Waals surface area contributed by atoms with Crippen LogP contribution in [0.1, 0.15) is 25.3 Å². The maximum absolute atomic E-state index is 11.2. The van der Waals surface area contributed by atoms with E-state index in [2.05, 4.69) is 0 Å². The zero-order chi connectivity index (χ0) is 11.8. The first kappa shape index (κ1) is 12.7. The number of ketones is 1. The van der Waals surface area contributed by atoms with E-state index in [9.17, 15) is 4.79 Å². The third-order valence-electron chi connectivity index (χ3n) is 2.19. The zero-order valence-electron chi connectivity index (χ0n) is 9.86. The van der Waals surface area contributed by atoms with Gasteiger partial charge in [-0.15, -0.1) is 0 Å². The van der Waals surface area contributed by atoms with Crippen molar-refractivity contribution in [3.8, 4) is 5.75 Å². The average molecular weight is 222 g/mol. The molecule has 0 amide bonds. The molecule has 0 aromatic heterocycles. The molecule has 3 nitrogen and oxygen atoms in total. The van der Waals surface area contributed by atoms with Crippen molar-refractivity contribution in [1.29, 1.82) is 0 Å². The molecule has 0 spiro atoms. The Labute approximate surface area is 96.4 Å². The lowest BCUT2D eigenvalue weighted by Gasteiger charge is -2.05. The molecule has 0 aliphatic heterocycles. The quantitative estimate of drug-likeness (QED) is 0.711. The van der Waals surface area contributed by atoms with Crippen LogP contribution in [0.15, 0.2) is 24.3 Å². The third kappa shape index (κ3) is 4.45. The molecule has 0 radical (unpaired) electrons. The van der Waals surface area contributed by atoms with Crippen molar-refractivity contribution >= 4 is 5.78 Å². The highest BCUT2D eigenvalue weighted by Gasteiger charge is 2.01. The molecule has 0 aliphatic rings. The number of methoxy groups -OCH3 is 1. The number of carbonyl (C=O) groups is 1. The molecule has 0 fully saturated rings. The lowest BCUT2D eigenvalue weighted by atomic mass is 10.2. The van der Waals surface area contributed by atoms with E-state index < -0.39 is 0 Å². The van der Waals surface area contributed by atoms with Crippen LogP contribution >= 0.6 is 0 Å². The molecule has 0 saturated heterocycles. The highest BCUT2D eigenvalue weighted by molar-refractivity contribution is 5.79. The van der Waals surface area contributed by atoms with E-state index in [1.807, 2.05) is 31.2 Å². The van der Waals surface area contributed by atoms with Crippen molar-refractivity contribution in [3.63, 3.8) is 0 Å². The van der Waals surface area contributed by atoms with Gasteiger partial charge in [0.2, 0.25) is 0 Å². The maximum atomic E-state index is 11.2. The summed E-state index contributed by atoms with van der Waals surface area (Å²) in [5.74, 6) is 0.964. The summed E-state index contributed by atoms with van der Waals surface area (Å²) in [5.41, 5.74) is 1.02. The van der Waals surface area contributed by atoms with E-state index in [4.69, 9.17) is 9.47 Å². The predicted molar refractivity (Wildman–Crippen MR) is 62.6 cm³/mol. The van der Waals surface area contributed by atoms with Gasteiger partial charge in [0.15, 0.2) is 5.78 Å². The van der Waals surface area contributed by atoms with Gasteiger partial charge in [-0.3, -0.25) is 4.79 Å². The van der Waals surface area contributed by atoms with Crippen molar-refractivity contribution in [2.24, 2.45) is 0 Å². The Bertz CT molecular complexity index is 334. The smallest absolute Gasteiger partial charge is 0.158 e. The Morgan fingerprint density at radius 2 is 2.19 bits per heavy atom. The molecular formula is C13H18O3. The first-order chi connectivity index (χ1) is 7.76. The largest absolute Gasteiger partial charge is 0.497 e. The molecular weight excluding hydrogens is 204 g/mol.